The Morgan fingerprint density at radius 2 is 2.14 bits per heavy atom. The quantitative estimate of drug-likeness (QED) is 0.141. The van der Waals surface area contributed by atoms with E-state index in [9.17, 15) is 10.1 Å². The lowest BCUT2D eigenvalue weighted by atomic mass is 9.98. The van der Waals surface area contributed by atoms with Crippen LogP contribution in [-0.4, -0.2) is 57.0 Å². The predicted molar refractivity (Wildman–Crippen MR) is 180 cm³/mol. The zero-order chi connectivity index (χ0) is 30.8. The fourth-order valence-corrected chi connectivity index (χ4v) is 7.67. The number of likely N-dealkylation sites (N-methyl/N-ethyl adjacent to an activating group) is 1. The molecule has 0 radical (unpaired) electrons. The molecule has 1 saturated heterocycles. The van der Waals surface area contributed by atoms with E-state index in [0.29, 0.717) is 62.7 Å². The summed E-state index contributed by atoms with van der Waals surface area (Å²) >= 11 is 9.25. The number of aromatic nitrogens is 2. The van der Waals surface area contributed by atoms with Crippen molar-refractivity contribution in [2.24, 2.45) is 11.8 Å². The van der Waals surface area contributed by atoms with Crippen molar-refractivity contribution in [3.05, 3.63) is 76.9 Å². The highest BCUT2D eigenvalue weighted by Crippen LogP contribution is 2.54. The number of nitrogens with zero attached hydrogens (tertiary/aromatic N) is 4. The topological polar surface area (TPSA) is 112 Å². The lowest BCUT2D eigenvalue weighted by Gasteiger charge is -2.27. The van der Waals surface area contributed by atoms with E-state index in [1.54, 1.807) is 18.5 Å². The van der Waals surface area contributed by atoms with E-state index >= 15 is 0 Å². The highest BCUT2D eigenvalue weighted by molar-refractivity contribution is 14.1. The first-order chi connectivity index (χ1) is 21.3. The SMILES string of the molecule is CCOc1cc2ncc(C#N)c(NC3CC(Cl)=C(OCc4ccccn4)C4CC34)c2cc1NC(=O)/C=C/C1CC(I)CN1C. The number of rotatable bonds is 10. The van der Waals surface area contributed by atoms with Crippen molar-refractivity contribution >= 4 is 62.4 Å². The van der Waals surface area contributed by atoms with Crippen molar-refractivity contribution < 1.29 is 14.3 Å². The number of pyridine rings is 2. The number of likely N-dealkylation sites (tertiary alicyclic amines) is 1. The number of alkyl halides is 1. The number of nitrogens with one attached hydrogen (secondary N) is 2. The Morgan fingerprint density at radius 3 is 2.86 bits per heavy atom. The molecule has 2 aliphatic carbocycles. The number of anilines is 2. The zero-order valence-corrected chi connectivity index (χ0v) is 27.5. The zero-order valence-electron chi connectivity index (χ0n) is 24.6. The number of carbonyl (C=O) groups is 1. The van der Waals surface area contributed by atoms with Gasteiger partial charge in [-0.2, -0.15) is 5.26 Å². The number of carbonyl (C=O) groups excluding carboxylic acids is 1. The Labute approximate surface area is 275 Å². The van der Waals surface area contributed by atoms with Crippen molar-refractivity contribution in [2.75, 3.05) is 30.8 Å². The summed E-state index contributed by atoms with van der Waals surface area (Å²) in [7, 11) is 2.07. The standard InChI is InChI=1S/C33H34ClIN6O3/c1-3-43-30-14-27-25(12-29(30)39-31(42)8-7-22-10-20(35)17-41(22)2)32(19(15-36)16-38-27)40-28-13-26(34)33(24-11-23(24)28)44-18-21-6-4-5-9-37-21/h4-9,12,14,16,20,22-24,28H,3,10-11,13,17-18H2,1-2H3,(H,38,40)(H,39,42)/b8-7+. The molecule has 5 unspecified atom stereocenters. The molecular formula is C33H34ClIN6O3. The highest BCUT2D eigenvalue weighted by atomic mass is 127. The Balaban J connectivity index is 1.24. The molecule has 0 bridgehead atoms. The maximum Gasteiger partial charge on any atom is 0.248 e. The molecule has 228 valence electrons. The average molecular weight is 725 g/mol. The van der Waals surface area contributed by atoms with E-state index in [-0.39, 0.29) is 23.9 Å². The lowest BCUT2D eigenvalue weighted by molar-refractivity contribution is -0.112. The molecule has 1 saturated carbocycles. The number of halogens is 2. The van der Waals surface area contributed by atoms with Crippen molar-refractivity contribution in [1.82, 2.24) is 14.9 Å². The summed E-state index contributed by atoms with van der Waals surface area (Å²) in [6, 6.07) is 11.9. The van der Waals surface area contributed by atoms with E-state index in [2.05, 4.69) is 61.2 Å². The van der Waals surface area contributed by atoms with Gasteiger partial charge in [-0.15, -0.1) is 0 Å². The van der Waals surface area contributed by atoms with Crippen molar-refractivity contribution in [2.45, 2.75) is 48.8 Å². The summed E-state index contributed by atoms with van der Waals surface area (Å²) in [5, 5.41) is 18.1. The highest BCUT2D eigenvalue weighted by Gasteiger charge is 2.51. The number of ether oxygens (including phenoxy) is 2. The van der Waals surface area contributed by atoms with Gasteiger partial charge in [-0.05, 0) is 50.9 Å². The molecule has 6 rings (SSSR count). The lowest BCUT2D eigenvalue weighted by Crippen LogP contribution is -2.27. The van der Waals surface area contributed by atoms with Crippen LogP contribution in [0.3, 0.4) is 0 Å². The summed E-state index contributed by atoms with van der Waals surface area (Å²) in [6.45, 7) is 3.70. The third kappa shape index (κ3) is 6.65. The van der Waals surface area contributed by atoms with Gasteiger partial charge in [0.1, 0.15) is 24.2 Å². The molecule has 3 aliphatic rings. The minimum Gasteiger partial charge on any atom is -0.492 e. The first-order valence-corrected chi connectivity index (χ1v) is 16.5. The number of hydrogen-bond donors (Lipinski definition) is 2. The van der Waals surface area contributed by atoms with Crippen LogP contribution in [0.1, 0.15) is 37.4 Å². The summed E-state index contributed by atoms with van der Waals surface area (Å²) in [5.74, 6) is 1.68. The maximum atomic E-state index is 13.0. The largest absolute Gasteiger partial charge is 0.492 e. The number of allylic oxidation sites excluding steroid dienone is 1. The minimum absolute atomic E-state index is 0.0186. The number of hydrogen-bond acceptors (Lipinski definition) is 8. The fourth-order valence-electron chi connectivity index (χ4n) is 6.17. The van der Waals surface area contributed by atoms with Crippen molar-refractivity contribution in [3.8, 4) is 11.8 Å². The van der Waals surface area contributed by atoms with E-state index in [1.807, 2.05) is 43.3 Å². The maximum absolute atomic E-state index is 13.0. The van der Waals surface area contributed by atoms with E-state index in [0.717, 1.165) is 36.2 Å². The molecule has 2 N–H and O–H groups in total. The monoisotopic (exact) mass is 724 g/mol. The smallest absolute Gasteiger partial charge is 0.248 e. The fraction of sp³-hybridized carbons (Fsp3) is 0.394. The van der Waals surface area contributed by atoms with Gasteiger partial charge in [0.25, 0.3) is 0 Å². The normalized spacial score (nSPS) is 24.7. The number of nitriles is 1. The summed E-state index contributed by atoms with van der Waals surface area (Å²) < 4.78 is 12.6. The number of fused-ring (bicyclic) bond motifs is 2. The van der Waals surface area contributed by atoms with E-state index < -0.39 is 0 Å². The van der Waals surface area contributed by atoms with E-state index in [1.165, 1.54) is 0 Å². The Hall–Kier alpha value is -3.40. The molecule has 44 heavy (non-hydrogen) atoms. The van der Waals surface area contributed by atoms with Crippen LogP contribution in [0.4, 0.5) is 11.4 Å². The van der Waals surface area contributed by atoms with Crippen LogP contribution in [0, 0.1) is 23.2 Å². The molecule has 2 aromatic heterocycles. The average Bonchev–Trinajstić information content (AvgIpc) is 3.74. The van der Waals surface area contributed by atoms with Gasteiger partial charge < -0.3 is 20.1 Å². The second-order valence-corrected chi connectivity index (χ2v) is 13.7. The first-order valence-electron chi connectivity index (χ1n) is 14.9. The van der Waals surface area contributed by atoms with Crippen LogP contribution in [0.15, 0.2) is 65.7 Å². The van der Waals surface area contributed by atoms with Crippen LogP contribution in [0.2, 0.25) is 0 Å². The second-order valence-electron chi connectivity index (χ2n) is 11.5. The third-order valence-electron chi connectivity index (χ3n) is 8.46. The van der Waals surface area contributed by atoms with Gasteiger partial charge in [0, 0.05) is 64.8 Å². The summed E-state index contributed by atoms with van der Waals surface area (Å²) in [5.41, 5.74) is 3.13. The van der Waals surface area contributed by atoms with Gasteiger partial charge in [-0.1, -0.05) is 46.3 Å². The van der Waals surface area contributed by atoms with E-state index in [4.69, 9.17) is 21.1 Å². The van der Waals surface area contributed by atoms with Gasteiger partial charge in [-0.25, -0.2) is 0 Å². The van der Waals surface area contributed by atoms with Gasteiger partial charge in [0.15, 0.2) is 0 Å². The molecule has 11 heteroatoms. The summed E-state index contributed by atoms with van der Waals surface area (Å²) in [6.07, 6.45) is 9.42. The van der Waals surface area contributed by atoms with Crippen LogP contribution in [-0.2, 0) is 16.1 Å². The van der Waals surface area contributed by atoms with Crippen LogP contribution < -0.4 is 15.4 Å². The molecule has 1 aliphatic heterocycles. The van der Waals surface area contributed by atoms with Gasteiger partial charge in [0.05, 0.1) is 39.8 Å². The molecule has 9 nitrogen and oxygen atoms in total. The van der Waals surface area contributed by atoms with Crippen LogP contribution in [0.5, 0.6) is 5.75 Å². The molecular weight excluding hydrogens is 691 g/mol. The molecule has 3 aromatic rings. The Kier molecular flexibility index (Phi) is 9.26. The third-order valence-corrected chi connectivity index (χ3v) is 9.70. The van der Waals surface area contributed by atoms with Gasteiger partial charge >= 0.3 is 0 Å². The molecule has 1 aromatic carbocycles. The first kappa shape index (κ1) is 30.6. The number of amides is 1. The summed E-state index contributed by atoms with van der Waals surface area (Å²) in [4.78, 5) is 24.2. The second kappa shape index (κ2) is 13.3. The minimum atomic E-state index is -0.238. The molecule has 1 amide bonds. The molecule has 5 atom stereocenters. The predicted octanol–water partition coefficient (Wildman–Crippen LogP) is 6.39. The molecule has 2 fully saturated rings. The molecule has 3 heterocycles. The number of benzene rings is 1. The van der Waals surface area contributed by atoms with Gasteiger partial charge in [-0.3, -0.25) is 19.7 Å². The van der Waals surface area contributed by atoms with Crippen LogP contribution >= 0.6 is 34.2 Å². The Bertz CT molecular complexity index is 1660. The molecule has 0 spiro atoms. The van der Waals surface area contributed by atoms with Gasteiger partial charge in [0.2, 0.25) is 5.91 Å². The van der Waals surface area contributed by atoms with Crippen molar-refractivity contribution in [1.29, 1.82) is 5.26 Å². The van der Waals surface area contributed by atoms with Crippen molar-refractivity contribution in [3.63, 3.8) is 0 Å². The van der Waals surface area contributed by atoms with Crippen LogP contribution in [0.25, 0.3) is 10.9 Å². The Morgan fingerprint density at radius 1 is 1.27 bits per heavy atom.